The lowest BCUT2D eigenvalue weighted by atomic mass is 10.1. The van der Waals surface area contributed by atoms with E-state index in [0.717, 1.165) is 10.6 Å². The van der Waals surface area contributed by atoms with Crippen LogP contribution in [0, 0.1) is 0 Å². The molecule has 0 aliphatic heterocycles. The Hall–Kier alpha value is -2.18. The second kappa shape index (κ2) is 6.52. The fraction of sp³-hybridized carbons (Fsp3) is 0.100. The summed E-state index contributed by atoms with van der Waals surface area (Å²) in [5, 5.41) is 0.567. The summed E-state index contributed by atoms with van der Waals surface area (Å²) in [4.78, 5) is 0. The van der Waals surface area contributed by atoms with Crippen LogP contribution in [0.4, 0.5) is 10.1 Å². The van der Waals surface area contributed by atoms with Gasteiger partial charge in [0.05, 0.1) is 0 Å². The number of rotatable bonds is 4. The molecule has 1 atom stereocenters. The number of benzene rings is 3. The highest BCUT2D eigenvalue weighted by Gasteiger charge is 2.38. The quantitative estimate of drug-likeness (QED) is 0.553. The molecule has 3 aromatic rings. The number of alkyl halides is 1. The van der Waals surface area contributed by atoms with Crippen molar-refractivity contribution >= 4 is 24.2 Å². The Morgan fingerprint density at radius 1 is 0.739 bits per heavy atom. The highest BCUT2D eigenvalue weighted by atomic mass is 31.1. The number of hydrogen-bond acceptors (Lipinski definition) is 1. The average Bonchev–Trinajstić information content (AvgIpc) is 2.57. The van der Waals surface area contributed by atoms with Crippen LogP contribution in [0.2, 0.25) is 0 Å². The predicted octanol–water partition coefficient (Wildman–Crippen LogP) is 4.54. The summed E-state index contributed by atoms with van der Waals surface area (Å²) in [6.07, 6.45) is 0. The number of nitrogen functional groups attached to an aromatic ring is 1. The Labute approximate surface area is 137 Å². The van der Waals surface area contributed by atoms with Crippen molar-refractivity contribution in [3.63, 3.8) is 0 Å². The maximum Gasteiger partial charge on any atom is 0.159 e. The first-order valence-electron chi connectivity index (χ1n) is 7.54. The molecule has 0 heterocycles. The molecule has 0 amide bonds. The molecule has 0 bridgehead atoms. The van der Waals surface area contributed by atoms with Gasteiger partial charge < -0.3 is 5.73 Å². The number of nitrogens with two attached hydrogens (primary N) is 1. The van der Waals surface area contributed by atoms with E-state index in [1.54, 1.807) is 31.2 Å². The molecule has 3 aromatic carbocycles. The topological polar surface area (TPSA) is 26.0 Å². The lowest BCUT2D eigenvalue weighted by Crippen LogP contribution is -2.26. The lowest BCUT2D eigenvalue weighted by molar-refractivity contribution is 0.318. The molecule has 2 N–H and O–H groups in total. The summed E-state index contributed by atoms with van der Waals surface area (Å²) in [7, 11) is -1.19. The minimum Gasteiger partial charge on any atom is -0.399 e. The van der Waals surface area contributed by atoms with Crippen LogP contribution in [0.25, 0.3) is 0 Å². The summed E-state index contributed by atoms with van der Waals surface area (Å²) in [5.74, 6) is 0. The Morgan fingerprint density at radius 2 is 1.17 bits per heavy atom. The first kappa shape index (κ1) is 15.7. The molecule has 3 rings (SSSR count). The number of hydrogen-bond donors (Lipinski definition) is 1. The van der Waals surface area contributed by atoms with Gasteiger partial charge in [0, 0.05) is 5.69 Å². The number of anilines is 1. The minimum atomic E-state index is -1.48. The van der Waals surface area contributed by atoms with Crippen LogP contribution in [-0.4, -0.2) is 0 Å². The van der Waals surface area contributed by atoms with Gasteiger partial charge in [0.15, 0.2) is 5.41 Å². The Morgan fingerprint density at radius 3 is 1.61 bits per heavy atom. The molecule has 1 nitrogen and oxygen atoms in total. The van der Waals surface area contributed by atoms with Crippen LogP contribution in [0.3, 0.4) is 0 Å². The zero-order valence-corrected chi connectivity index (χ0v) is 13.9. The lowest BCUT2D eigenvalue weighted by Gasteiger charge is -2.32. The standard InChI is InChI=1S/C20H19FNP/c1-20(21,16-12-14-17(22)15-13-16)23(18-8-4-2-5-9-18)19-10-6-3-7-11-19/h2-15H,22H2,1H3. The van der Waals surface area contributed by atoms with Crippen molar-refractivity contribution in [2.45, 2.75) is 12.3 Å². The van der Waals surface area contributed by atoms with Crippen molar-refractivity contribution in [2.24, 2.45) is 0 Å². The Balaban J connectivity index is 2.13. The van der Waals surface area contributed by atoms with Crippen molar-refractivity contribution < 1.29 is 4.39 Å². The second-order valence-electron chi connectivity index (χ2n) is 5.58. The normalized spacial score (nSPS) is 13.7. The van der Waals surface area contributed by atoms with E-state index in [4.69, 9.17) is 5.73 Å². The van der Waals surface area contributed by atoms with Crippen molar-refractivity contribution in [1.29, 1.82) is 0 Å². The Bertz CT molecular complexity index is 715. The van der Waals surface area contributed by atoms with E-state index >= 15 is 4.39 Å². The van der Waals surface area contributed by atoms with Crippen LogP contribution in [0.5, 0.6) is 0 Å². The van der Waals surface area contributed by atoms with Crippen LogP contribution < -0.4 is 16.3 Å². The molecular formula is C20H19FNP. The van der Waals surface area contributed by atoms with E-state index in [-0.39, 0.29) is 0 Å². The molecule has 0 saturated carbocycles. The van der Waals surface area contributed by atoms with Crippen molar-refractivity contribution in [3.8, 4) is 0 Å². The predicted molar refractivity (Wildman–Crippen MR) is 98.4 cm³/mol. The molecule has 0 saturated heterocycles. The fourth-order valence-electron chi connectivity index (χ4n) is 2.70. The highest BCUT2D eigenvalue weighted by Crippen LogP contribution is 2.55. The van der Waals surface area contributed by atoms with Gasteiger partial charge in [-0.05, 0) is 43.2 Å². The van der Waals surface area contributed by atoms with E-state index in [1.807, 2.05) is 60.7 Å². The zero-order valence-electron chi connectivity index (χ0n) is 13.0. The van der Waals surface area contributed by atoms with E-state index < -0.39 is 13.3 Å². The molecule has 1 unspecified atom stereocenters. The molecule has 0 fully saturated rings. The molecular weight excluding hydrogens is 304 g/mol. The average molecular weight is 323 g/mol. The SMILES string of the molecule is CC(F)(c1ccc(N)cc1)P(c1ccccc1)c1ccccc1. The van der Waals surface area contributed by atoms with Gasteiger partial charge >= 0.3 is 0 Å². The summed E-state index contributed by atoms with van der Waals surface area (Å²) in [6.45, 7) is 1.67. The van der Waals surface area contributed by atoms with Crippen LogP contribution in [0.1, 0.15) is 12.5 Å². The smallest absolute Gasteiger partial charge is 0.159 e. The summed E-state index contributed by atoms with van der Waals surface area (Å²) in [5.41, 5.74) is 7.06. The summed E-state index contributed by atoms with van der Waals surface area (Å²) >= 11 is 0. The molecule has 0 spiro atoms. The Kier molecular flexibility index (Phi) is 4.45. The molecule has 0 aliphatic carbocycles. The van der Waals surface area contributed by atoms with Crippen molar-refractivity contribution in [1.82, 2.24) is 0 Å². The third kappa shape index (κ3) is 3.28. The maximum atomic E-state index is 16.0. The zero-order chi connectivity index (χ0) is 16.3. The van der Waals surface area contributed by atoms with Gasteiger partial charge in [-0.3, -0.25) is 0 Å². The van der Waals surface area contributed by atoms with Crippen molar-refractivity contribution in [3.05, 3.63) is 90.5 Å². The van der Waals surface area contributed by atoms with Gasteiger partial charge in [-0.1, -0.05) is 72.8 Å². The summed E-state index contributed by atoms with van der Waals surface area (Å²) in [6, 6.07) is 26.9. The third-order valence-corrected chi connectivity index (χ3v) is 6.61. The summed E-state index contributed by atoms with van der Waals surface area (Å²) < 4.78 is 16.0. The molecule has 0 radical (unpaired) electrons. The van der Waals surface area contributed by atoms with Gasteiger partial charge in [0.1, 0.15) is 0 Å². The van der Waals surface area contributed by atoms with Gasteiger partial charge in [0.2, 0.25) is 0 Å². The molecule has 23 heavy (non-hydrogen) atoms. The molecule has 0 aliphatic rings. The van der Waals surface area contributed by atoms with E-state index in [1.165, 1.54) is 0 Å². The minimum absolute atomic E-state index is 0.647. The second-order valence-corrected chi connectivity index (χ2v) is 8.13. The van der Waals surface area contributed by atoms with Crippen LogP contribution in [0.15, 0.2) is 84.9 Å². The van der Waals surface area contributed by atoms with Gasteiger partial charge in [-0.25, -0.2) is 4.39 Å². The largest absolute Gasteiger partial charge is 0.399 e. The first-order chi connectivity index (χ1) is 11.1. The number of halogens is 1. The van der Waals surface area contributed by atoms with Crippen LogP contribution in [-0.2, 0) is 5.41 Å². The van der Waals surface area contributed by atoms with Crippen LogP contribution >= 0.6 is 7.92 Å². The first-order valence-corrected chi connectivity index (χ1v) is 8.88. The van der Waals surface area contributed by atoms with Crippen molar-refractivity contribution in [2.75, 3.05) is 5.73 Å². The molecule has 116 valence electrons. The van der Waals surface area contributed by atoms with E-state index in [2.05, 4.69) is 0 Å². The molecule has 3 heteroatoms. The van der Waals surface area contributed by atoms with Gasteiger partial charge in [-0.2, -0.15) is 0 Å². The van der Waals surface area contributed by atoms with E-state index in [9.17, 15) is 0 Å². The van der Waals surface area contributed by atoms with Gasteiger partial charge in [0.25, 0.3) is 0 Å². The monoisotopic (exact) mass is 323 g/mol. The van der Waals surface area contributed by atoms with E-state index in [0.29, 0.717) is 11.3 Å². The molecule has 0 aromatic heterocycles. The van der Waals surface area contributed by atoms with Gasteiger partial charge in [-0.15, -0.1) is 0 Å². The third-order valence-electron chi connectivity index (χ3n) is 3.89. The highest BCUT2D eigenvalue weighted by molar-refractivity contribution is 7.73. The maximum absolute atomic E-state index is 16.0. The fourth-order valence-corrected chi connectivity index (χ4v) is 5.32.